The topological polar surface area (TPSA) is 54.2 Å². The SMILES string of the molecule is CCn1cnnc1C1CCCN(CC(O)c2ccc(Cl)cc2)C1. The average Bonchev–Trinajstić information content (AvgIpc) is 3.04. The van der Waals surface area contributed by atoms with Gasteiger partial charge in [-0.05, 0) is 44.0 Å². The monoisotopic (exact) mass is 334 g/mol. The van der Waals surface area contributed by atoms with Gasteiger partial charge >= 0.3 is 0 Å². The number of piperidine rings is 1. The van der Waals surface area contributed by atoms with Crippen molar-refractivity contribution >= 4 is 11.6 Å². The summed E-state index contributed by atoms with van der Waals surface area (Å²) in [6.07, 6.45) is 3.56. The van der Waals surface area contributed by atoms with Gasteiger partial charge in [0.25, 0.3) is 0 Å². The molecule has 0 spiro atoms. The highest BCUT2D eigenvalue weighted by Crippen LogP contribution is 2.27. The van der Waals surface area contributed by atoms with E-state index in [0.717, 1.165) is 43.9 Å². The molecule has 1 aliphatic rings. The van der Waals surface area contributed by atoms with E-state index in [0.29, 0.717) is 17.5 Å². The Morgan fingerprint density at radius 3 is 2.87 bits per heavy atom. The van der Waals surface area contributed by atoms with Crippen LogP contribution in [0.1, 0.15) is 43.2 Å². The summed E-state index contributed by atoms with van der Waals surface area (Å²) in [7, 11) is 0. The second kappa shape index (κ2) is 7.43. The maximum Gasteiger partial charge on any atom is 0.137 e. The molecular formula is C17H23ClN4O. The van der Waals surface area contributed by atoms with E-state index < -0.39 is 6.10 Å². The summed E-state index contributed by atoms with van der Waals surface area (Å²) < 4.78 is 2.11. The summed E-state index contributed by atoms with van der Waals surface area (Å²) in [4.78, 5) is 2.32. The third-order valence-corrected chi connectivity index (χ3v) is 4.79. The molecule has 0 aliphatic carbocycles. The Morgan fingerprint density at radius 2 is 2.13 bits per heavy atom. The van der Waals surface area contributed by atoms with E-state index in [1.165, 1.54) is 0 Å². The van der Waals surface area contributed by atoms with E-state index in [1.807, 2.05) is 24.3 Å². The second-order valence-corrected chi connectivity index (χ2v) is 6.58. The van der Waals surface area contributed by atoms with Gasteiger partial charge in [0, 0.05) is 30.6 Å². The Kier molecular flexibility index (Phi) is 5.30. The van der Waals surface area contributed by atoms with E-state index in [9.17, 15) is 5.11 Å². The molecule has 1 N–H and O–H groups in total. The molecule has 3 rings (SSSR count). The van der Waals surface area contributed by atoms with Gasteiger partial charge in [-0.2, -0.15) is 0 Å². The van der Waals surface area contributed by atoms with Crippen molar-refractivity contribution in [3.63, 3.8) is 0 Å². The van der Waals surface area contributed by atoms with Gasteiger partial charge in [-0.15, -0.1) is 10.2 Å². The number of benzene rings is 1. The van der Waals surface area contributed by atoms with Crippen molar-refractivity contribution in [1.29, 1.82) is 0 Å². The molecule has 2 aromatic rings. The summed E-state index contributed by atoms with van der Waals surface area (Å²) >= 11 is 5.91. The van der Waals surface area contributed by atoms with Crippen LogP contribution in [0.5, 0.6) is 0 Å². The lowest BCUT2D eigenvalue weighted by Gasteiger charge is -2.33. The van der Waals surface area contributed by atoms with E-state index in [2.05, 4.69) is 26.6 Å². The molecule has 0 radical (unpaired) electrons. The molecule has 0 saturated carbocycles. The van der Waals surface area contributed by atoms with E-state index in [-0.39, 0.29) is 0 Å². The first-order valence-corrected chi connectivity index (χ1v) is 8.58. The maximum absolute atomic E-state index is 10.5. The smallest absolute Gasteiger partial charge is 0.137 e. The lowest BCUT2D eigenvalue weighted by molar-refractivity contribution is 0.0940. The lowest BCUT2D eigenvalue weighted by Crippen LogP contribution is -2.38. The van der Waals surface area contributed by atoms with Crippen molar-refractivity contribution in [2.45, 2.75) is 38.3 Å². The Bertz CT molecular complexity index is 628. The highest BCUT2D eigenvalue weighted by molar-refractivity contribution is 6.30. The Hall–Kier alpha value is -1.43. The highest BCUT2D eigenvalue weighted by Gasteiger charge is 2.26. The standard InChI is InChI=1S/C17H23ClN4O/c1-2-22-12-19-20-17(22)14-4-3-9-21(10-14)11-16(23)13-5-7-15(18)8-6-13/h5-8,12,14,16,23H,2-4,9-11H2,1H3. The Morgan fingerprint density at radius 1 is 1.35 bits per heavy atom. The summed E-state index contributed by atoms with van der Waals surface area (Å²) in [6.45, 7) is 5.58. The van der Waals surface area contributed by atoms with Gasteiger partial charge in [0.1, 0.15) is 12.2 Å². The molecule has 23 heavy (non-hydrogen) atoms. The number of aliphatic hydroxyl groups is 1. The van der Waals surface area contributed by atoms with E-state index in [1.54, 1.807) is 6.33 Å². The average molecular weight is 335 g/mol. The maximum atomic E-state index is 10.5. The lowest BCUT2D eigenvalue weighted by atomic mass is 9.96. The fraction of sp³-hybridized carbons (Fsp3) is 0.529. The second-order valence-electron chi connectivity index (χ2n) is 6.14. The largest absolute Gasteiger partial charge is 0.387 e. The molecule has 1 aliphatic heterocycles. The quantitative estimate of drug-likeness (QED) is 0.913. The number of hydrogen-bond acceptors (Lipinski definition) is 4. The summed E-state index contributed by atoms with van der Waals surface area (Å²) in [5.74, 6) is 1.46. The van der Waals surface area contributed by atoms with Gasteiger partial charge in [0.15, 0.2) is 0 Å². The number of likely N-dealkylation sites (tertiary alicyclic amines) is 1. The first kappa shape index (κ1) is 16.4. The fourth-order valence-electron chi connectivity index (χ4n) is 3.29. The number of β-amino-alcohol motifs (C(OH)–C–C–N with tert-alkyl or cyclic N) is 1. The summed E-state index contributed by atoms with van der Waals surface area (Å²) in [5, 5.41) is 19.5. The minimum absolute atomic E-state index is 0.392. The van der Waals surface area contributed by atoms with E-state index in [4.69, 9.17) is 11.6 Å². The molecule has 5 nitrogen and oxygen atoms in total. The van der Waals surface area contributed by atoms with Crippen molar-refractivity contribution in [2.75, 3.05) is 19.6 Å². The van der Waals surface area contributed by atoms with Crippen LogP contribution >= 0.6 is 11.6 Å². The van der Waals surface area contributed by atoms with Crippen molar-refractivity contribution in [3.05, 3.63) is 47.0 Å². The molecular weight excluding hydrogens is 312 g/mol. The van der Waals surface area contributed by atoms with Crippen molar-refractivity contribution in [3.8, 4) is 0 Å². The molecule has 2 heterocycles. The predicted molar refractivity (Wildman–Crippen MR) is 90.5 cm³/mol. The highest BCUT2D eigenvalue weighted by atomic mass is 35.5. The van der Waals surface area contributed by atoms with Crippen molar-refractivity contribution in [2.24, 2.45) is 0 Å². The predicted octanol–water partition coefficient (Wildman–Crippen LogP) is 2.86. The van der Waals surface area contributed by atoms with Crippen molar-refractivity contribution < 1.29 is 5.11 Å². The normalized spacial score (nSPS) is 20.6. The van der Waals surface area contributed by atoms with E-state index >= 15 is 0 Å². The van der Waals surface area contributed by atoms with Gasteiger partial charge in [0.05, 0.1) is 6.10 Å². The zero-order valence-electron chi connectivity index (χ0n) is 13.4. The van der Waals surface area contributed by atoms with Crippen LogP contribution < -0.4 is 0 Å². The summed E-state index contributed by atoms with van der Waals surface area (Å²) in [6, 6.07) is 7.43. The van der Waals surface area contributed by atoms with Crippen LogP contribution in [0, 0.1) is 0 Å². The molecule has 2 unspecified atom stereocenters. The molecule has 1 aromatic heterocycles. The van der Waals surface area contributed by atoms with Crippen LogP contribution in [0.4, 0.5) is 0 Å². The molecule has 1 saturated heterocycles. The molecule has 1 aromatic carbocycles. The number of halogens is 1. The number of nitrogens with zero attached hydrogens (tertiary/aromatic N) is 4. The third kappa shape index (κ3) is 3.91. The molecule has 1 fully saturated rings. The van der Waals surface area contributed by atoms with Crippen LogP contribution in [0.25, 0.3) is 0 Å². The Balaban J connectivity index is 1.63. The minimum Gasteiger partial charge on any atom is -0.387 e. The summed E-state index contributed by atoms with van der Waals surface area (Å²) in [5.41, 5.74) is 0.910. The number of aromatic nitrogens is 3. The fourth-order valence-corrected chi connectivity index (χ4v) is 3.42. The van der Waals surface area contributed by atoms with Gasteiger partial charge < -0.3 is 9.67 Å². The zero-order valence-corrected chi connectivity index (χ0v) is 14.2. The first-order valence-electron chi connectivity index (χ1n) is 8.21. The van der Waals surface area contributed by atoms with Crippen LogP contribution in [-0.4, -0.2) is 44.4 Å². The first-order chi connectivity index (χ1) is 11.2. The molecule has 6 heteroatoms. The van der Waals surface area contributed by atoms with Crippen molar-refractivity contribution in [1.82, 2.24) is 19.7 Å². The van der Waals surface area contributed by atoms with Crippen LogP contribution in [0.2, 0.25) is 5.02 Å². The number of aryl methyl sites for hydroxylation is 1. The minimum atomic E-state index is -0.491. The molecule has 0 amide bonds. The van der Waals surface area contributed by atoms with Gasteiger partial charge in [0.2, 0.25) is 0 Å². The molecule has 0 bridgehead atoms. The van der Waals surface area contributed by atoms with Crippen LogP contribution in [0.15, 0.2) is 30.6 Å². The van der Waals surface area contributed by atoms with Gasteiger partial charge in [-0.25, -0.2) is 0 Å². The zero-order chi connectivity index (χ0) is 16.2. The number of aliphatic hydroxyl groups excluding tert-OH is 1. The number of rotatable bonds is 5. The van der Waals surface area contributed by atoms with Crippen LogP contribution in [0.3, 0.4) is 0 Å². The number of hydrogen-bond donors (Lipinski definition) is 1. The third-order valence-electron chi connectivity index (χ3n) is 4.54. The molecule has 124 valence electrons. The van der Waals surface area contributed by atoms with Crippen LogP contribution in [-0.2, 0) is 6.54 Å². The van der Waals surface area contributed by atoms with Gasteiger partial charge in [-0.1, -0.05) is 23.7 Å². The van der Waals surface area contributed by atoms with Gasteiger partial charge in [-0.3, -0.25) is 4.90 Å². The Labute approximate surface area is 141 Å². The molecule has 2 atom stereocenters.